The Morgan fingerprint density at radius 3 is 2.60 bits per heavy atom. The number of benzene rings is 2. The molecule has 9 nitrogen and oxygen atoms in total. The van der Waals surface area contributed by atoms with E-state index in [4.69, 9.17) is 19.9 Å². The van der Waals surface area contributed by atoms with E-state index in [0.29, 0.717) is 17.1 Å². The monoisotopic (exact) mass is 344 g/mol. The first-order chi connectivity index (χ1) is 12.0. The number of ketones is 1. The quantitative estimate of drug-likeness (QED) is 0.286. The van der Waals surface area contributed by atoms with Gasteiger partial charge in [0.2, 0.25) is 6.79 Å². The zero-order chi connectivity index (χ0) is 18.0. The standard InChI is InChI=1S/C16H12N2O7/c17-11-3-1-10(5-12(11)18(21)22)16(20)23-7-13(19)9-2-4-14-15(6-9)25-8-24-14/h1-6H,7-8,17H2. The molecule has 0 aliphatic carbocycles. The lowest BCUT2D eigenvalue weighted by Crippen LogP contribution is -2.14. The highest BCUT2D eigenvalue weighted by atomic mass is 16.7. The second-order valence-electron chi connectivity index (χ2n) is 5.10. The van der Waals surface area contributed by atoms with Crippen LogP contribution in [0.3, 0.4) is 0 Å². The summed E-state index contributed by atoms with van der Waals surface area (Å²) in [7, 11) is 0. The van der Waals surface area contributed by atoms with E-state index in [9.17, 15) is 19.7 Å². The van der Waals surface area contributed by atoms with Crippen LogP contribution in [0.15, 0.2) is 36.4 Å². The number of carbonyl (C=O) groups excluding carboxylic acids is 2. The predicted molar refractivity (Wildman–Crippen MR) is 84.7 cm³/mol. The van der Waals surface area contributed by atoms with Crippen LogP contribution < -0.4 is 15.2 Å². The molecule has 0 saturated heterocycles. The molecule has 0 aromatic heterocycles. The minimum absolute atomic E-state index is 0.0700. The van der Waals surface area contributed by atoms with E-state index in [1.54, 1.807) is 6.07 Å². The summed E-state index contributed by atoms with van der Waals surface area (Å²) in [4.78, 5) is 34.2. The van der Waals surface area contributed by atoms with Gasteiger partial charge in [0.25, 0.3) is 5.69 Å². The summed E-state index contributed by atoms with van der Waals surface area (Å²) in [5, 5.41) is 10.8. The molecule has 128 valence electrons. The van der Waals surface area contributed by atoms with Gasteiger partial charge < -0.3 is 19.9 Å². The molecule has 0 spiro atoms. The van der Waals surface area contributed by atoms with E-state index in [1.807, 2.05) is 0 Å². The number of carbonyl (C=O) groups is 2. The summed E-state index contributed by atoms with van der Waals surface area (Å²) in [6, 6.07) is 8.12. The first kappa shape index (κ1) is 16.2. The molecule has 9 heteroatoms. The second-order valence-corrected chi connectivity index (χ2v) is 5.10. The molecular weight excluding hydrogens is 332 g/mol. The first-order valence-electron chi connectivity index (χ1n) is 7.09. The zero-order valence-electron chi connectivity index (χ0n) is 12.8. The lowest BCUT2D eigenvalue weighted by molar-refractivity contribution is -0.383. The highest BCUT2D eigenvalue weighted by Crippen LogP contribution is 2.32. The lowest BCUT2D eigenvalue weighted by atomic mass is 10.1. The molecule has 0 saturated carbocycles. The molecule has 25 heavy (non-hydrogen) atoms. The number of nitrogens with two attached hydrogens (primary N) is 1. The van der Waals surface area contributed by atoms with Gasteiger partial charge in [-0.1, -0.05) is 0 Å². The molecule has 2 aromatic rings. The van der Waals surface area contributed by atoms with E-state index >= 15 is 0 Å². The minimum atomic E-state index is -0.864. The van der Waals surface area contributed by atoms with E-state index in [0.717, 1.165) is 6.07 Å². The van der Waals surface area contributed by atoms with Crippen LogP contribution in [0.4, 0.5) is 11.4 Å². The van der Waals surface area contributed by atoms with E-state index < -0.39 is 29.0 Å². The number of esters is 1. The molecule has 2 aromatic carbocycles. The maximum atomic E-state index is 12.1. The lowest BCUT2D eigenvalue weighted by Gasteiger charge is -2.06. The van der Waals surface area contributed by atoms with Crippen molar-refractivity contribution < 1.29 is 28.7 Å². The van der Waals surface area contributed by atoms with Crippen molar-refractivity contribution in [3.63, 3.8) is 0 Å². The van der Waals surface area contributed by atoms with Gasteiger partial charge in [0.1, 0.15) is 5.69 Å². The molecule has 1 aliphatic rings. The number of hydrogen-bond donors (Lipinski definition) is 1. The molecule has 0 unspecified atom stereocenters. The third kappa shape index (κ3) is 3.34. The second kappa shape index (κ2) is 6.48. The number of nitro benzene ring substituents is 1. The van der Waals surface area contributed by atoms with Gasteiger partial charge in [0.15, 0.2) is 23.9 Å². The summed E-state index contributed by atoms with van der Waals surface area (Å²) in [6.07, 6.45) is 0. The van der Waals surface area contributed by atoms with Crippen LogP contribution in [0.2, 0.25) is 0 Å². The van der Waals surface area contributed by atoms with E-state index in [2.05, 4.69) is 0 Å². The largest absolute Gasteiger partial charge is 0.454 e. The van der Waals surface area contributed by atoms with Crippen molar-refractivity contribution in [2.75, 3.05) is 19.1 Å². The molecule has 0 atom stereocenters. The average Bonchev–Trinajstić information content (AvgIpc) is 3.07. The highest BCUT2D eigenvalue weighted by molar-refractivity contribution is 6.00. The number of rotatable bonds is 5. The molecule has 3 rings (SSSR count). The molecule has 1 heterocycles. The minimum Gasteiger partial charge on any atom is -0.454 e. The van der Waals surface area contributed by atoms with Gasteiger partial charge in [0.05, 0.1) is 10.5 Å². The Hall–Kier alpha value is -3.62. The summed E-state index contributed by atoms with van der Waals surface area (Å²) in [6.45, 7) is -0.436. The van der Waals surface area contributed by atoms with Crippen molar-refractivity contribution in [1.29, 1.82) is 0 Å². The van der Waals surface area contributed by atoms with Crippen molar-refractivity contribution in [2.24, 2.45) is 0 Å². The molecule has 2 N–H and O–H groups in total. The van der Waals surface area contributed by atoms with Crippen molar-refractivity contribution in [2.45, 2.75) is 0 Å². The number of nitro groups is 1. The molecule has 1 aliphatic heterocycles. The van der Waals surface area contributed by atoms with Crippen LogP contribution >= 0.6 is 0 Å². The Balaban J connectivity index is 1.67. The highest BCUT2D eigenvalue weighted by Gasteiger charge is 2.19. The Morgan fingerprint density at radius 1 is 1.12 bits per heavy atom. The third-order valence-corrected chi connectivity index (χ3v) is 3.49. The molecule has 0 bridgehead atoms. The number of hydrogen-bond acceptors (Lipinski definition) is 8. The fraction of sp³-hybridized carbons (Fsp3) is 0.125. The van der Waals surface area contributed by atoms with Gasteiger partial charge in [-0.25, -0.2) is 4.79 Å². The predicted octanol–water partition coefficient (Wildman–Crippen LogP) is 1.95. The molecule has 0 radical (unpaired) electrons. The molecule has 0 amide bonds. The summed E-state index contributed by atoms with van der Waals surface area (Å²) < 4.78 is 15.2. The van der Waals surface area contributed by atoms with Crippen LogP contribution in [0.5, 0.6) is 11.5 Å². The topological polar surface area (TPSA) is 131 Å². The van der Waals surface area contributed by atoms with Crippen LogP contribution in [0.25, 0.3) is 0 Å². The van der Waals surface area contributed by atoms with E-state index in [-0.39, 0.29) is 18.0 Å². The smallest absolute Gasteiger partial charge is 0.338 e. The van der Waals surface area contributed by atoms with Crippen LogP contribution in [0.1, 0.15) is 20.7 Å². The SMILES string of the molecule is Nc1ccc(C(=O)OCC(=O)c2ccc3c(c2)OCO3)cc1[N+](=O)[O-]. The fourth-order valence-corrected chi connectivity index (χ4v) is 2.20. The van der Waals surface area contributed by atoms with Crippen LogP contribution in [-0.2, 0) is 4.74 Å². The number of ether oxygens (including phenoxy) is 3. The normalized spacial score (nSPS) is 11.8. The summed E-state index contributed by atoms with van der Waals surface area (Å²) in [5.74, 6) is -0.345. The van der Waals surface area contributed by atoms with Crippen molar-refractivity contribution >= 4 is 23.1 Å². The molecular formula is C16H12N2O7. The first-order valence-corrected chi connectivity index (χ1v) is 7.09. The Morgan fingerprint density at radius 2 is 1.84 bits per heavy atom. The van der Waals surface area contributed by atoms with Gasteiger partial charge in [-0.3, -0.25) is 14.9 Å². The number of nitrogens with zero attached hydrogens (tertiary/aromatic N) is 1. The van der Waals surface area contributed by atoms with Gasteiger partial charge in [-0.15, -0.1) is 0 Å². The summed E-state index contributed by atoms with van der Waals surface area (Å²) in [5.41, 5.74) is 5.21. The zero-order valence-corrected chi connectivity index (χ0v) is 12.8. The maximum absolute atomic E-state index is 12.1. The van der Waals surface area contributed by atoms with Gasteiger partial charge in [-0.2, -0.15) is 0 Å². The third-order valence-electron chi connectivity index (χ3n) is 3.49. The number of Topliss-reactive ketones (excluding diaryl/α,β-unsaturated/α-hetero) is 1. The molecule has 0 fully saturated rings. The average molecular weight is 344 g/mol. The van der Waals surface area contributed by atoms with Crippen LogP contribution in [0, 0.1) is 10.1 Å². The number of anilines is 1. The van der Waals surface area contributed by atoms with Crippen molar-refractivity contribution in [1.82, 2.24) is 0 Å². The number of fused-ring (bicyclic) bond motifs is 1. The van der Waals surface area contributed by atoms with Gasteiger partial charge in [-0.05, 0) is 30.3 Å². The van der Waals surface area contributed by atoms with Gasteiger partial charge >= 0.3 is 5.97 Å². The Labute approximate surface area is 141 Å². The van der Waals surface area contributed by atoms with Gasteiger partial charge in [0, 0.05) is 11.6 Å². The Kier molecular flexibility index (Phi) is 4.21. The number of nitrogen functional groups attached to an aromatic ring is 1. The fourth-order valence-electron chi connectivity index (χ4n) is 2.20. The van der Waals surface area contributed by atoms with Crippen molar-refractivity contribution in [3.8, 4) is 11.5 Å². The Bertz CT molecular complexity index is 879. The summed E-state index contributed by atoms with van der Waals surface area (Å²) >= 11 is 0. The maximum Gasteiger partial charge on any atom is 0.338 e. The van der Waals surface area contributed by atoms with Crippen LogP contribution in [-0.4, -0.2) is 30.1 Å². The van der Waals surface area contributed by atoms with Crippen molar-refractivity contribution in [3.05, 3.63) is 57.6 Å². The van der Waals surface area contributed by atoms with E-state index in [1.165, 1.54) is 24.3 Å².